The zero-order valence-corrected chi connectivity index (χ0v) is 12.4. The molecule has 2 amide bonds. The number of halogens is 4. The molecule has 0 unspecified atom stereocenters. The number of hydrogen-bond acceptors (Lipinski definition) is 3. The average Bonchev–Trinajstić information content (AvgIpc) is 2.78. The molecule has 0 atom stereocenters. The van der Waals surface area contributed by atoms with E-state index in [0.717, 1.165) is 41.3 Å². The first-order valence-corrected chi connectivity index (χ1v) is 6.98. The minimum atomic E-state index is -4.49. The molecule has 0 saturated carbocycles. The van der Waals surface area contributed by atoms with Crippen molar-refractivity contribution in [2.45, 2.75) is 12.7 Å². The van der Waals surface area contributed by atoms with E-state index in [0.29, 0.717) is 5.56 Å². The van der Waals surface area contributed by atoms with Gasteiger partial charge in [-0.3, -0.25) is 14.5 Å². The number of fused-ring (bicyclic) bond motifs is 1. The van der Waals surface area contributed by atoms with Crippen LogP contribution in [-0.4, -0.2) is 16.7 Å². The van der Waals surface area contributed by atoms with Crippen LogP contribution in [-0.2, 0) is 12.7 Å². The number of amides is 2. The first kappa shape index (κ1) is 16.6. The van der Waals surface area contributed by atoms with Crippen molar-refractivity contribution < 1.29 is 27.2 Å². The van der Waals surface area contributed by atoms with Gasteiger partial charge >= 0.3 is 6.18 Å². The molecule has 0 spiro atoms. The second-order valence-corrected chi connectivity index (χ2v) is 5.38. The van der Waals surface area contributed by atoms with Crippen LogP contribution >= 0.6 is 0 Å². The highest BCUT2D eigenvalue weighted by Crippen LogP contribution is 2.31. The molecule has 8 heteroatoms. The topological polar surface area (TPSA) is 61.2 Å². The number of rotatable bonds is 2. The molecule has 0 saturated heterocycles. The van der Waals surface area contributed by atoms with Gasteiger partial charge in [-0.15, -0.1) is 0 Å². The van der Waals surface area contributed by atoms with Gasteiger partial charge < -0.3 is 0 Å². The lowest BCUT2D eigenvalue weighted by atomic mass is 10.0. The van der Waals surface area contributed by atoms with E-state index in [4.69, 9.17) is 5.26 Å². The summed E-state index contributed by atoms with van der Waals surface area (Å²) in [6, 6.07) is 7.36. The van der Waals surface area contributed by atoms with Crippen molar-refractivity contribution in [2.24, 2.45) is 0 Å². The van der Waals surface area contributed by atoms with Crippen LogP contribution in [0.4, 0.5) is 17.6 Å². The first-order valence-electron chi connectivity index (χ1n) is 6.98. The number of imide groups is 1. The van der Waals surface area contributed by atoms with Crippen molar-refractivity contribution in [3.63, 3.8) is 0 Å². The van der Waals surface area contributed by atoms with Crippen LogP contribution in [0.5, 0.6) is 0 Å². The molecular weight excluding hydrogens is 340 g/mol. The molecule has 0 aromatic heterocycles. The summed E-state index contributed by atoms with van der Waals surface area (Å²) in [6.07, 6.45) is -4.49. The van der Waals surface area contributed by atoms with Gasteiger partial charge in [-0.25, -0.2) is 4.39 Å². The van der Waals surface area contributed by atoms with Gasteiger partial charge in [-0.1, -0.05) is 12.1 Å². The second-order valence-electron chi connectivity index (χ2n) is 5.38. The number of nitrogens with zero attached hydrogens (tertiary/aromatic N) is 2. The fourth-order valence-electron chi connectivity index (χ4n) is 2.59. The molecule has 3 rings (SSSR count). The molecule has 0 aliphatic carbocycles. The Morgan fingerprint density at radius 2 is 1.68 bits per heavy atom. The lowest BCUT2D eigenvalue weighted by molar-refractivity contribution is -0.137. The molecule has 1 aliphatic heterocycles. The maximum absolute atomic E-state index is 13.5. The molecule has 0 N–H and O–H groups in total. The highest BCUT2D eigenvalue weighted by Gasteiger charge is 2.38. The van der Waals surface area contributed by atoms with E-state index in [1.54, 1.807) is 6.07 Å². The van der Waals surface area contributed by atoms with Crippen LogP contribution in [0.2, 0.25) is 0 Å². The highest BCUT2D eigenvalue weighted by molar-refractivity contribution is 6.22. The van der Waals surface area contributed by atoms with E-state index in [9.17, 15) is 27.2 Å². The minimum Gasteiger partial charge on any atom is -0.270 e. The highest BCUT2D eigenvalue weighted by atomic mass is 19.4. The van der Waals surface area contributed by atoms with Crippen LogP contribution in [0.1, 0.15) is 37.4 Å². The molecule has 0 radical (unpaired) electrons. The Morgan fingerprint density at radius 3 is 2.24 bits per heavy atom. The number of benzene rings is 2. The molecule has 126 valence electrons. The van der Waals surface area contributed by atoms with Crippen LogP contribution in [0, 0.1) is 17.1 Å². The standard InChI is InChI=1S/C17H8F4N2O2/c18-12-5-10(7-22)14-13(6-12)15(24)23(16(14)25)8-9-1-3-11(4-2-9)17(19,20)21/h1-6H,8H2. The summed E-state index contributed by atoms with van der Waals surface area (Å²) in [5.74, 6) is -2.40. The third-order valence-electron chi connectivity index (χ3n) is 3.78. The maximum atomic E-state index is 13.5. The molecule has 1 aliphatic rings. The molecule has 0 bridgehead atoms. The van der Waals surface area contributed by atoms with E-state index < -0.39 is 29.4 Å². The van der Waals surface area contributed by atoms with Crippen LogP contribution in [0.25, 0.3) is 0 Å². The largest absolute Gasteiger partial charge is 0.416 e. The van der Waals surface area contributed by atoms with Crippen LogP contribution in [0.3, 0.4) is 0 Å². The molecule has 2 aromatic rings. The zero-order chi connectivity index (χ0) is 18.4. The lowest BCUT2D eigenvalue weighted by Crippen LogP contribution is -2.29. The van der Waals surface area contributed by atoms with Gasteiger partial charge in [0.1, 0.15) is 11.9 Å². The third kappa shape index (κ3) is 2.85. The van der Waals surface area contributed by atoms with Gasteiger partial charge in [0.25, 0.3) is 11.8 Å². The quantitative estimate of drug-likeness (QED) is 0.616. The zero-order valence-electron chi connectivity index (χ0n) is 12.4. The first-order chi connectivity index (χ1) is 11.7. The number of alkyl halides is 3. The Labute approximate surface area is 138 Å². The van der Waals surface area contributed by atoms with E-state index in [2.05, 4.69) is 0 Å². The Morgan fingerprint density at radius 1 is 1.04 bits per heavy atom. The van der Waals surface area contributed by atoms with E-state index in [-0.39, 0.29) is 23.2 Å². The van der Waals surface area contributed by atoms with Gasteiger partial charge in [0.2, 0.25) is 0 Å². The smallest absolute Gasteiger partial charge is 0.270 e. The minimum absolute atomic E-state index is 0.194. The number of carbonyl (C=O) groups excluding carboxylic acids is 2. The van der Waals surface area contributed by atoms with Crippen LogP contribution < -0.4 is 0 Å². The van der Waals surface area contributed by atoms with Gasteiger partial charge in [0, 0.05) is 0 Å². The van der Waals surface area contributed by atoms with Crippen molar-refractivity contribution >= 4 is 11.8 Å². The fourth-order valence-corrected chi connectivity index (χ4v) is 2.59. The maximum Gasteiger partial charge on any atom is 0.416 e. The number of hydrogen-bond donors (Lipinski definition) is 0. The molecule has 25 heavy (non-hydrogen) atoms. The van der Waals surface area contributed by atoms with Crippen molar-refractivity contribution in [1.82, 2.24) is 4.90 Å². The Bertz CT molecular complexity index is 927. The molecule has 1 heterocycles. The normalized spacial score (nSPS) is 13.8. The monoisotopic (exact) mass is 348 g/mol. The van der Waals surface area contributed by atoms with Gasteiger partial charge in [0.15, 0.2) is 0 Å². The number of nitriles is 1. The summed E-state index contributed by atoms with van der Waals surface area (Å²) in [5, 5.41) is 9.01. The Hall–Kier alpha value is -3.21. The third-order valence-corrected chi connectivity index (χ3v) is 3.78. The van der Waals surface area contributed by atoms with E-state index >= 15 is 0 Å². The summed E-state index contributed by atoms with van der Waals surface area (Å²) in [7, 11) is 0. The van der Waals surface area contributed by atoms with Crippen molar-refractivity contribution in [1.29, 1.82) is 5.26 Å². The molecular formula is C17H8F4N2O2. The second kappa shape index (κ2) is 5.70. The summed E-state index contributed by atoms with van der Waals surface area (Å²) in [5.41, 5.74) is -1.24. The fraction of sp³-hybridized carbons (Fsp3) is 0.118. The average molecular weight is 348 g/mol. The summed E-state index contributed by atoms with van der Waals surface area (Å²) < 4.78 is 51.2. The van der Waals surface area contributed by atoms with Crippen molar-refractivity contribution in [3.05, 3.63) is 70.0 Å². The SMILES string of the molecule is N#Cc1cc(F)cc2c1C(=O)N(Cc1ccc(C(F)(F)F)cc1)C2=O. The molecule has 0 fully saturated rings. The van der Waals surface area contributed by atoms with Gasteiger partial charge in [-0.2, -0.15) is 18.4 Å². The van der Waals surface area contributed by atoms with E-state index in [1.807, 2.05) is 0 Å². The molecule has 2 aromatic carbocycles. The van der Waals surface area contributed by atoms with E-state index in [1.165, 1.54) is 0 Å². The number of carbonyl (C=O) groups is 2. The summed E-state index contributed by atoms with van der Waals surface area (Å²) >= 11 is 0. The van der Waals surface area contributed by atoms with Gasteiger partial charge in [0.05, 0.1) is 28.8 Å². The molecule has 4 nitrogen and oxygen atoms in total. The summed E-state index contributed by atoms with van der Waals surface area (Å²) in [4.78, 5) is 25.5. The predicted octanol–water partition coefficient (Wildman–Crippen LogP) is 3.51. The van der Waals surface area contributed by atoms with Crippen LogP contribution in [0.15, 0.2) is 36.4 Å². The Kier molecular flexibility index (Phi) is 3.80. The van der Waals surface area contributed by atoms with Crippen molar-refractivity contribution in [3.8, 4) is 6.07 Å². The lowest BCUT2D eigenvalue weighted by Gasteiger charge is -2.14. The predicted molar refractivity (Wildman–Crippen MR) is 76.8 cm³/mol. The van der Waals surface area contributed by atoms with Gasteiger partial charge in [-0.05, 0) is 29.8 Å². The summed E-state index contributed by atoms with van der Waals surface area (Å²) in [6.45, 7) is -0.281. The van der Waals surface area contributed by atoms with Crippen molar-refractivity contribution in [2.75, 3.05) is 0 Å². The Balaban J connectivity index is 1.92.